The second kappa shape index (κ2) is 9.30. The van der Waals surface area contributed by atoms with Crippen molar-refractivity contribution in [2.24, 2.45) is 0 Å². The summed E-state index contributed by atoms with van der Waals surface area (Å²) >= 11 is 0. The van der Waals surface area contributed by atoms with E-state index >= 15 is 0 Å². The van der Waals surface area contributed by atoms with Crippen LogP contribution < -0.4 is 40.2 Å². The van der Waals surface area contributed by atoms with Gasteiger partial charge in [-0.2, -0.15) is 0 Å². The van der Waals surface area contributed by atoms with Crippen molar-refractivity contribution in [3.05, 3.63) is 66.0 Å². The summed E-state index contributed by atoms with van der Waals surface area (Å²) in [6.45, 7) is 0.286. The summed E-state index contributed by atoms with van der Waals surface area (Å²) in [6.07, 6.45) is 2.92. The third kappa shape index (κ3) is 5.40. The van der Waals surface area contributed by atoms with Crippen LogP contribution in [0.3, 0.4) is 0 Å². The summed E-state index contributed by atoms with van der Waals surface area (Å²) in [5.74, 6) is -0.312. The first-order chi connectivity index (χ1) is 12.8. The fourth-order valence-corrected chi connectivity index (χ4v) is 3.10. The monoisotopic (exact) mass is 414 g/mol. The molecule has 0 radical (unpaired) electrons. The van der Waals surface area contributed by atoms with Crippen molar-refractivity contribution in [2.45, 2.75) is 18.0 Å². The summed E-state index contributed by atoms with van der Waals surface area (Å²) in [4.78, 5) is 10.9. The molecular formula is C17H15N2NaO7S. The zero-order valence-electron chi connectivity index (χ0n) is 14.8. The third-order valence-electron chi connectivity index (χ3n) is 3.69. The van der Waals surface area contributed by atoms with E-state index in [4.69, 9.17) is 8.83 Å². The molecule has 0 spiro atoms. The fourth-order valence-electron chi connectivity index (χ4n) is 2.44. The van der Waals surface area contributed by atoms with Crippen LogP contribution >= 0.6 is 0 Å². The van der Waals surface area contributed by atoms with E-state index in [1.807, 2.05) is 0 Å². The normalized spacial score (nSPS) is 10.9. The molecule has 0 unspecified atom stereocenters. The predicted octanol–water partition coefficient (Wildman–Crippen LogP) is -0.297. The molecule has 0 amide bonds. The van der Waals surface area contributed by atoms with E-state index in [1.165, 1.54) is 18.6 Å². The van der Waals surface area contributed by atoms with Gasteiger partial charge in [-0.3, -0.25) is 0 Å². The standard InChI is InChI=1S/C17H16N2O7S.Na/c20-17(21)13-7-16(27(22,23)24)15(19-10-12-4-2-6-26-12)8-14(13)18-9-11-3-1-5-25-11;/h1-8,18-19H,9-10H2,(H,20,21)(H,22,23,24);/q;+1/p-1. The number of anilines is 2. The van der Waals surface area contributed by atoms with Gasteiger partial charge in [0.2, 0.25) is 0 Å². The van der Waals surface area contributed by atoms with E-state index in [1.54, 1.807) is 24.3 Å². The molecule has 0 saturated heterocycles. The second-order valence-electron chi connectivity index (χ2n) is 5.52. The Balaban J connectivity index is 0.00000280. The van der Waals surface area contributed by atoms with Crippen molar-refractivity contribution in [3.8, 4) is 0 Å². The van der Waals surface area contributed by atoms with Gasteiger partial charge in [0, 0.05) is 0 Å². The Morgan fingerprint density at radius 2 is 1.54 bits per heavy atom. The van der Waals surface area contributed by atoms with Crippen molar-refractivity contribution in [1.82, 2.24) is 0 Å². The maximum absolute atomic E-state index is 11.6. The van der Waals surface area contributed by atoms with Crippen LogP contribution in [0.1, 0.15) is 21.9 Å². The number of carboxylic acid groups (broad SMARTS) is 1. The van der Waals surface area contributed by atoms with Crippen LogP contribution in [0.15, 0.2) is 62.7 Å². The molecular weight excluding hydrogens is 399 g/mol. The molecule has 0 aliphatic carbocycles. The number of carbonyl (C=O) groups is 1. The van der Waals surface area contributed by atoms with Crippen LogP contribution in [0.5, 0.6) is 0 Å². The van der Waals surface area contributed by atoms with Gasteiger partial charge in [-0.05, 0) is 36.4 Å². The average molecular weight is 414 g/mol. The Labute approximate surface area is 182 Å². The van der Waals surface area contributed by atoms with E-state index in [2.05, 4.69) is 10.6 Å². The smallest absolute Gasteiger partial charge is 0.744 e. The van der Waals surface area contributed by atoms with Gasteiger partial charge in [0.15, 0.2) is 0 Å². The van der Waals surface area contributed by atoms with Crippen LogP contribution in [-0.2, 0) is 23.2 Å². The minimum Gasteiger partial charge on any atom is -0.744 e. The first kappa shape index (κ1) is 22.1. The molecule has 1 aromatic carbocycles. The number of hydrogen-bond donors (Lipinski definition) is 3. The van der Waals surface area contributed by atoms with Crippen molar-refractivity contribution in [3.63, 3.8) is 0 Å². The predicted molar refractivity (Wildman–Crippen MR) is 93.4 cm³/mol. The van der Waals surface area contributed by atoms with Gasteiger partial charge >= 0.3 is 35.5 Å². The van der Waals surface area contributed by atoms with Crippen molar-refractivity contribution >= 4 is 27.5 Å². The van der Waals surface area contributed by atoms with Crippen LogP contribution in [0, 0.1) is 0 Å². The largest absolute Gasteiger partial charge is 1.00 e. The van der Waals surface area contributed by atoms with E-state index in [9.17, 15) is 22.9 Å². The van der Waals surface area contributed by atoms with Gasteiger partial charge in [-0.25, -0.2) is 13.2 Å². The Morgan fingerprint density at radius 3 is 1.96 bits per heavy atom. The summed E-state index contributed by atoms with van der Waals surface area (Å²) in [5.41, 5.74) is -0.249. The maximum Gasteiger partial charge on any atom is 1.00 e. The van der Waals surface area contributed by atoms with E-state index in [0.717, 1.165) is 6.07 Å². The fraction of sp³-hybridized carbons (Fsp3) is 0.118. The molecule has 11 heteroatoms. The molecule has 0 saturated carbocycles. The Hall–Kier alpha value is -2.24. The van der Waals surface area contributed by atoms with E-state index in [-0.39, 0.29) is 59.6 Å². The van der Waals surface area contributed by atoms with E-state index in [0.29, 0.717) is 11.5 Å². The second-order valence-corrected chi connectivity index (χ2v) is 6.87. The van der Waals surface area contributed by atoms with Crippen molar-refractivity contribution in [1.29, 1.82) is 0 Å². The molecule has 0 aliphatic heterocycles. The molecule has 0 atom stereocenters. The number of nitrogens with one attached hydrogen (secondary N) is 2. The Morgan fingerprint density at radius 1 is 1.00 bits per heavy atom. The zero-order valence-corrected chi connectivity index (χ0v) is 17.7. The quantitative estimate of drug-likeness (QED) is 0.334. The minimum atomic E-state index is -4.91. The van der Waals surface area contributed by atoms with Gasteiger partial charge in [-0.1, -0.05) is 0 Å². The minimum absolute atomic E-state index is 0. The van der Waals surface area contributed by atoms with Gasteiger partial charge in [0.1, 0.15) is 21.6 Å². The zero-order chi connectivity index (χ0) is 19.4. The van der Waals surface area contributed by atoms with Gasteiger partial charge < -0.3 is 29.1 Å². The first-order valence-corrected chi connectivity index (χ1v) is 9.15. The number of rotatable bonds is 8. The summed E-state index contributed by atoms with van der Waals surface area (Å²) in [5, 5.41) is 15.1. The molecule has 3 rings (SSSR count). The molecule has 3 N–H and O–H groups in total. The molecule has 142 valence electrons. The van der Waals surface area contributed by atoms with Crippen LogP contribution in [0.4, 0.5) is 11.4 Å². The molecule has 0 aliphatic rings. The molecule has 9 nitrogen and oxygen atoms in total. The molecule has 2 heterocycles. The number of hydrogen-bond acceptors (Lipinski definition) is 8. The van der Waals surface area contributed by atoms with Gasteiger partial charge in [0.05, 0.1) is 47.4 Å². The summed E-state index contributed by atoms with van der Waals surface area (Å²) < 4.78 is 45.1. The number of benzene rings is 1. The van der Waals surface area contributed by atoms with Gasteiger partial charge in [0.25, 0.3) is 0 Å². The number of furan rings is 2. The number of carboxylic acids is 1. The van der Waals surface area contributed by atoms with Crippen molar-refractivity contribution in [2.75, 3.05) is 10.6 Å². The molecule has 2 aromatic heterocycles. The first-order valence-electron chi connectivity index (χ1n) is 7.74. The van der Waals surface area contributed by atoms with Crippen LogP contribution in [-0.4, -0.2) is 24.0 Å². The van der Waals surface area contributed by atoms with Crippen LogP contribution in [0.25, 0.3) is 0 Å². The average Bonchev–Trinajstić information content (AvgIpc) is 3.30. The third-order valence-corrected chi connectivity index (χ3v) is 4.56. The molecule has 3 aromatic rings. The van der Waals surface area contributed by atoms with Gasteiger partial charge in [-0.15, -0.1) is 0 Å². The SMILES string of the molecule is O=C(O)c1cc(S(=O)(=O)[O-])c(NCc2ccco2)cc1NCc1ccco1.[Na+]. The van der Waals surface area contributed by atoms with Crippen molar-refractivity contribution < 1.29 is 61.3 Å². The summed E-state index contributed by atoms with van der Waals surface area (Å²) in [6, 6.07) is 8.80. The van der Waals surface area contributed by atoms with Crippen LogP contribution in [0.2, 0.25) is 0 Å². The Bertz CT molecular complexity index is 1030. The molecule has 0 bridgehead atoms. The van der Waals surface area contributed by atoms with E-state index < -0.39 is 21.0 Å². The topological polar surface area (TPSA) is 145 Å². The Kier molecular flexibility index (Phi) is 7.33. The number of aromatic carboxylic acids is 1. The maximum atomic E-state index is 11.6. The molecule has 0 fully saturated rings. The molecule has 28 heavy (non-hydrogen) atoms. The summed E-state index contributed by atoms with van der Waals surface area (Å²) in [7, 11) is -4.91.